The molecule has 4 atom stereocenters. The summed E-state index contributed by atoms with van der Waals surface area (Å²) in [7, 11) is 0. The summed E-state index contributed by atoms with van der Waals surface area (Å²) in [5.74, 6) is 1.11. The van der Waals surface area contributed by atoms with Crippen LogP contribution in [0.15, 0.2) is 12.2 Å². The highest BCUT2D eigenvalue weighted by atomic mass is 35.6. The van der Waals surface area contributed by atoms with Gasteiger partial charge in [0.2, 0.25) is 3.79 Å². The van der Waals surface area contributed by atoms with E-state index in [1.807, 2.05) is 6.08 Å². The van der Waals surface area contributed by atoms with Crippen LogP contribution in [0.5, 0.6) is 0 Å². The van der Waals surface area contributed by atoms with Crippen molar-refractivity contribution in [3.8, 4) is 0 Å². The zero-order valence-corrected chi connectivity index (χ0v) is 9.93. The summed E-state index contributed by atoms with van der Waals surface area (Å²) in [6.07, 6.45) is 6.88. The number of halogens is 3. The van der Waals surface area contributed by atoms with E-state index in [1.165, 1.54) is 12.8 Å². The predicted molar refractivity (Wildman–Crippen MR) is 59.8 cm³/mol. The molecule has 1 N–H and O–H groups in total. The van der Waals surface area contributed by atoms with Crippen LogP contribution in [0.2, 0.25) is 0 Å². The van der Waals surface area contributed by atoms with Gasteiger partial charge in [-0.2, -0.15) is 0 Å². The van der Waals surface area contributed by atoms with Gasteiger partial charge in [0.25, 0.3) is 0 Å². The smallest absolute Gasteiger partial charge is 0.216 e. The van der Waals surface area contributed by atoms with Crippen molar-refractivity contribution < 1.29 is 5.11 Å². The Hall–Kier alpha value is 0.570. The molecular formula is C10H13Cl3O. The molecule has 0 radical (unpaired) electrons. The van der Waals surface area contributed by atoms with Crippen molar-refractivity contribution >= 4 is 34.8 Å². The number of aliphatic hydroxyl groups is 1. The predicted octanol–water partition coefficient (Wildman–Crippen LogP) is 3.32. The summed E-state index contributed by atoms with van der Waals surface area (Å²) in [5.41, 5.74) is 0. The summed E-state index contributed by atoms with van der Waals surface area (Å²) in [4.78, 5) is 0. The van der Waals surface area contributed by atoms with Gasteiger partial charge in [-0.3, -0.25) is 0 Å². The molecule has 0 saturated heterocycles. The van der Waals surface area contributed by atoms with E-state index in [1.54, 1.807) is 0 Å². The van der Waals surface area contributed by atoms with Gasteiger partial charge in [0, 0.05) is 5.92 Å². The Morgan fingerprint density at radius 2 is 1.93 bits per heavy atom. The van der Waals surface area contributed by atoms with E-state index in [-0.39, 0.29) is 5.92 Å². The zero-order chi connectivity index (χ0) is 10.3. The van der Waals surface area contributed by atoms with Crippen molar-refractivity contribution in [3.63, 3.8) is 0 Å². The topological polar surface area (TPSA) is 20.2 Å². The number of hydrogen-bond donors (Lipinski definition) is 1. The third-order valence-corrected chi connectivity index (χ3v) is 4.07. The van der Waals surface area contributed by atoms with Crippen molar-refractivity contribution in [2.75, 3.05) is 0 Å². The first-order chi connectivity index (χ1) is 6.50. The second-order valence-corrected chi connectivity index (χ2v) is 6.58. The average molecular weight is 256 g/mol. The number of rotatable bonds is 1. The molecule has 80 valence electrons. The minimum absolute atomic E-state index is 0.0231. The second kappa shape index (κ2) is 3.86. The van der Waals surface area contributed by atoms with Crippen molar-refractivity contribution in [1.82, 2.24) is 0 Å². The second-order valence-electron chi connectivity index (χ2n) is 4.21. The molecular weight excluding hydrogens is 242 g/mol. The molecule has 0 aromatic rings. The SMILES string of the molecule is OC([C@@H]1C=C[C@H]2CCC[C@H]21)C(Cl)(Cl)Cl. The molecule has 1 nitrogen and oxygen atoms in total. The summed E-state index contributed by atoms with van der Waals surface area (Å²) >= 11 is 17.1. The molecule has 0 aliphatic heterocycles. The molecule has 0 aromatic carbocycles. The maximum atomic E-state index is 9.89. The third kappa shape index (κ3) is 1.92. The Bertz CT molecular complexity index is 246. The number of fused-ring (bicyclic) bond motifs is 1. The van der Waals surface area contributed by atoms with Crippen LogP contribution in [-0.4, -0.2) is 15.0 Å². The quantitative estimate of drug-likeness (QED) is 0.563. The molecule has 0 heterocycles. The molecule has 1 unspecified atom stereocenters. The van der Waals surface area contributed by atoms with Crippen molar-refractivity contribution in [2.45, 2.75) is 29.2 Å². The minimum Gasteiger partial charge on any atom is -0.388 e. The molecule has 1 saturated carbocycles. The van der Waals surface area contributed by atoms with Gasteiger partial charge in [-0.1, -0.05) is 53.4 Å². The Morgan fingerprint density at radius 3 is 2.57 bits per heavy atom. The fourth-order valence-electron chi connectivity index (χ4n) is 2.71. The van der Waals surface area contributed by atoms with Crippen LogP contribution in [0.25, 0.3) is 0 Å². The van der Waals surface area contributed by atoms with Crippen LogP contribution in [0.1, 0.15) is 19.3 Å². The van der Waals surface area contributed by atoms with Crippen LogP contribution in [0, 0.1) is 17.8 Å². The van der Waals surface area contributed by atoms with Gasteiger partial charge in [-0.25, -0.2) is 0 Å². The highest BCUT2D eigenvalue weighted by Gasteiger charge is 2.45. The van der Waals surface area contributed by atoms with Crippen LogP contribution in [0.4, 0.5) is 0 Å². The molecule has 4 heteroatoms. The van der Waals surface area contributed by atoms with E-state index in [2.05, 4.69) is 6.08 Å². The fourth-order valence-corrected chi connectivity index (χ4v) is 3.14. The van der Waals surface area contributed by atoms with Gasteiger partial charge >= 0.3 is 0 Å². The Labute approximate surface area is 99.0 Å². The normalized spacial score (nSPS) is 38.7. The van der Waals surface area contributed by atoms with Gasteiger partial charge in [0.1, 0.15) is 6.10 Å². The highest BCUT2D eigenvalue weighted by Crippen LogP contribution is 2.48. The monoisotopic (exact) mass is 254 g/mol. The van der Waals surface area contributed by atoms with E-state index in [0.29, 0.717) is 11.8 Å². The third-order valence-electron chi connectivity index (χ3n) is 3.40. The van der Waals surface area contributed by atoms with Crippen LogP contribution in [0.3, 0.4) is 0 Å². The Kier molecular flexibility index (Phi) is 3.05. The van der Waals surface area contributed by atoms with E-state index in [9.17, 15) is 5.11 Å². The summed E-state index contributed by atoms with van der Waals surface area (Å²) in [6.45, 7) is 0. The van der Waals surface area contributed by atoms with E-state index in [0.717, 1.165) is 6.42 Å². The first-order valence-corrected chi connectivity index (χ1v) is 6.06. The van der Waals surface area contributed by atoms with Crippen LogP contribution >= 0.6 is 34.8 Å². The lowest BCUT2D eigenvalue weighted by Crippen LogP contribution is -2.35. The number of hydrogen-bond acceptors (Lipinski definition) is 1. The molecule has 2 aliphatic rings. The van der Waals surface area contributed by atoms with E-state index < -0.39 is 9.90 Å². The van der Waals surface area contributed by atoms with Crippen molar-refractivity contribution in [2.24, 2.45) is 17.8 Å². The molecule has 2 rings (SSSR count). The van der Waals surface area contributed by atoms with E-state index >= 15 is 0 Å². The summed E-state index contributed by atoms with van der Waals surface area (Å²) in [5, 5.41) is 9.89. The first-order valence-electron chi connectivity index (χ1n) is 4.93. The maximum Gasteiger partial charge on any atom is 0.216 e. The molecule has 0 amide bonds. The molecule has 2 aliphatic carbocycles. The van der Waals surface area contributed by atoms with E-state index in [4.69, 9.17) is 34.8 Å². The van der Waals surface area contributed by atoms with Crippen molar-refractivity contribution in [3.05, 3.63) is 12.2 Å². The van der Waals surface area contributed by atoms with Crippen LogP contribution in [-0.2, 0) is 0 Å². The van der Waals surface area contributed by atoms with Crippen LogP contribution < -0.4 is 0 Å². The molecule has 0 bridgehead atoms. The Morgan fingerprint density at radius 1 is 1.21 bits per heavy atom. The lowest BCUT2D eigenvalue weighted by molar-refractivity contribution is 0.102. The lowest BCUT2D eigenvalue weighted by Gasteiger charge is -2.28. The average Bonchev–Trinajstić information content (AvgIpc) is 2.59. The zero-order valence-electron chi connectivity index (χ0n) is 7.67. The summed E-state index contributed by atoms with van der Waals surface area (Å²) in [6, 6.07) is 0. The maximum absolute atomic E-state index is 9.89. The van der Waals surface area contributed by atoms with Gasteiger partial charge in [-0.05, 0) is 24.7 Å². The summed E-state index contributed by atoms with van der Waals surface area (Å²) < 4.78 is -1.56. The van der Waals surface area contributed by atoms with Gasteiger partial charge in [0.15, 0.2) is 0 Å². The lowest BCUT2D eigenvalue weighted by atomic mass is 9.87. The number of aliphatic hydroxyl groups excluding tert-OH is 1. The molecule has 14 heavy (non-hydrogen) atoms. The highest BCUT2D eigenvalue weighted by molar-refractivity contribution is 6.68. The van der Waals surface area contributed by atoms with Gasteiger partial charge in [0.05, 0.1) is 0 Å². The molecule has 1 fully saturated rings. The first kappa shape index (κ1) is 11.1. The number of allylic oxidation sites excluding steroid dienone is 1. The molecule has 0 aromatic heterocycles. The standard InChI is InChI=1S/C10H13Cl3O/c11-10(12,13)9(14)8-5-4-6-2-1-3-7(6)8/h4-9,14H,1-3H2/t6-,7-,8-,9?/m1/s1. The Balaban J connectivity index is 2.09. The molecule has 0 spiro atoms. The van der Waals surface area contributed by atoms with Crippen molar-refractivity contribution in [1.29, 1.82) is 0 Å². The minimum atomic E-state index is -1.56. The largest absolute Gasteiger partial charge is 0.388 e. The number of alkyl halides is 3. The van der Waals surface area contributed by atoms with Gasteiger partial charge < -0.3 is 5.11 Å². The van der Waals surface area contributed by atoms with Gasteiger partial charge in [-0.15, -0.1) is 0 Å². The fraction of sp³-hybridized carbons (Fsp3) is 0.800.